The number of nitrogens with zero attached hydrogens (tertiary/aromatic N) is 3. The van der Waals surface area contributed by atoms with Crippen molar-refractivity contribution in [2.45, 2.75) is 43.3 Å². The molecule has 2 saturated heterocycles. The number of anilines is 1. The predicted molar refractivity (Wildman–Crippen MR) is 143 cm³/mol. The number of amides is 1. The number of benzene rings is 2. The van der Waals surface area contributed by atoms with Gasteiger partial charge in [-0.1, -0.05) is 23.7 Å². The molecule has 0 aliphatic carbocycles. The molecule has 36 heavy (non-hydrogen) atoms. The van der Waals surface area contributed by atoms with Gasteiger partial charge in [0, 0.05) is 23.1 Å². The van der Waals surface area contributed by atoms with Gasteiger partial charge in [0.15, 0.2) is 0 Å². The van der Waals surface area contributed by atoms with Crippen LogP contribution in [0.25, 0.3) is 21.9 Å². The minimum absolute atomic E-state index is 0.0285. The molecule has 0 spiro atoms. The van der Waals surface area contributed by atoms with Crippen LogP contribution in [-0.4, -0.2) is 51.5 Å². The molecular weight excluding hydrogens is 497 g/mol. The molecule has 4 heterocycles. The Balaban J connectivity index is 1.40. The van der Waals surface area contributed by atoms with Crippen molar-refractivity contribution in [1.82, 2.24) is 20.3 Å². The number of nitrogens with one attached hydrogen (secondary N) is 2. The van der Waals surface area contributed by atoms with Crippen molar-refractivity contribution in [2.75, 3.05) is 18.1 Å². The number of carbonyl (C=O) groups is 1. The number of ether oxygens (including phenoxy) is 1. The lowest BCUT2D eigenvalue weighted by Gasteiger charge is -2.46. The zero-order valence-corrected chi connectivity index (χ0v) is 21.3. The summed E-state index contributed by atoms with van der Waals surface area (Å²) in [7, 11) is 0. The van der Waals surface area contributed by atoms with E-state index >= 15 is 0 Å². The van der Waals surface area contributed by atoms with E-state index in [1.54, 1.807) is 0 Å². The van der Waals surface area contributed by atoms with Gasteiger partial charge in [0.2, 0.25) is 5.91 Å². The molecule has 7 nitrogen and oxygen atoms in total. The molecule has 0 saturated carbocycles. The van der Waals surface area contributed by atoms with E-state index in [2.05, 4.69) is 22.1 Å². The molecular formula is C27H27Cl2N5O2. The van der Waals surface area contributed by atoms with E-state index in [0.717, 1.165) is 40.0 Å². The summed E-state index contributed by atoms with van der Waals surface area (Å²) in [6, 6.07) is 17.3. The van der Waals surface area contributed by atoms with Crippen LogP contribution in [0, 0.1) is 5.92 Å². The van der Waals surface area contributed by atoms with Gasteiger partial charge in [-0.05, 0) is 62.2 Å². The molecule has 2 aliphatic heterocycles. The van der Waals surface area contributed by atoms with Crippen LogP contribution in [0.15, 0.2) is 54.6 Å². The van der Waals surface area contributed by atoms with E-state index < -0.39 is 5.38 Å². The first-order valence-electron chi connectivity index (χ1n) is 12.3. The highest BCUT2D eigenvalue weighted by Gasteiger charge is 2.45. The van der Waals surface area contributed by atoms with Crippen LogP contribution in [0.4, 0.5) is 5.82 Å². The van der Waals surface area contributed by atoms with Gasteiger partial charge in [0.25, 0.3) is 0 Å². The molecule has 9 heteroatoms. The van der Waals surface area contributed by atoms with Crippen LogP contribution < -0.4 is 10.2 Å². The van der Waals surface area contributed by atoms with Crippen molar-refractivity contribution in [3.05, 3.63) is 65.4 Å². The third-order valence-electron chi connectivity index (χ3n) is 7.33. The molecule has 1 amide bonds. The lowest BCUT2D eigenvalue weighted by molar-refractivity contribution is -0.126. The number of aromatic amines is 1. The molecule has 5 unspecified atom stereocenters. The van der Waals surface area contributed by atoms with Crippen LogP contribution in [0.1, 0.15) is 31.6 Å². The van der Waals surface area contributed by atoms with Crippen LogP contribution >= 0.6 is 23.2 Å². The smallest absolute Gasteiger partial charge is 0.225 e. The van der Waals surface area contributed by atoms with Crippen molar-refractivity contribution in [1.29, 1.82) is 0 Å². The quantitative estimate of drug-likeness (QED) is 0.357. The van der Waals surface area contributed by atoms with Gasteiger partial charge in [-0.15, -0.1) is 11.6 Å². The van der Waals surface area contributed by atoms with Crippen molar-refractivity contribution in [2.24, 2.45) is 5.92 Å². The van der Waals surface area contributed by atoms with Crippen molar-refractivity contribution in [3.63, 3.8) is 0 Å². The summed E-state index contributed by atoms with van der Waals surface area (Å²) in [6.07, 6.45) is 1.34. The predicted octanol–water partition coefficient (Wildman–Crippen LogP) is 5.23. The highest BCUT2D eigenvalue weighted by molar-refractivity contribution is 6.31. The molecule has 186 valence electrons. The first-order chi connectivity index (χ1) is 17.5. The van der Waals surface area contributed by atoms with E-state index in [1.165, 1.54) is 0 Å². The zero-order valence-electron chi connectivity index (χ0n) is 19.8. The fourth-order valence-electron chi connectivity index (χ4n) is 5.44. The van der Waals surface area contributed by atoms with Crippen LogP contribution in [-0.2, 0) is 9.53 Å². The Labute approximate surface area is 219 Å². The lowest BCUT2D eigenvalue weighted by Crippen LogP contribution is -2.55. The number of fused-ring (bicyclic) bond motifs is 2. The van der Waals surface area contributed by atoms with Gasteiger partial charge in [-0.2, -0.15) is 0 Å². The average Bonchev–Trinajstić information content (AvgIpc) is 3.55. The first kappa shape index (κ1) is 23.5. The molecule has 4 aromatic rings. The van der Waals surface area contributed by atoms with Crippen molar-refractivity contribution < 1.29 is 9.53 Å². The lowest BCUT2D eigenvalue weighted by atomic mass is 9.84. The Bertz CT molecular complexity index is 1390. The minimum Gasteiger partial charge on any atom is -0.379 e. The average molecular weight is 524 g/mol. The molecule has 2 aromatic carbocycles. The Morgan fingerprint density at radius 3 is 2.81 bits per heavy atom. The van der Waals surface area contributed by atoms with E-state index in [1.807, 2.05) is 54.6 Å². The number of para-hydroxylation sites is 2. The van der Waals surface area contributed by atoms with Crippen molar-refractivity contribution >= 4 is 56.9 Å². The normalized spacial score (nSPS) is 26.5. The number of rotatable bonds is 4. The molecule has 0 bridgehead atoms. The Kier molecular flexibility index (Phi) is 6.23. The first-order valence-corrected chi connectivity index (χ1v) is 13.1. The number of aromatic nitrogens is 3. The maximum absolute atomic E-state index is 13.4. The largest absolute Gasteiger partial charge is 0.379 e. The minimum atomic E-state index is -0.407. The number of halogens is 2. The molecule has 6 rings (SSSR count). The second kappa shape index (κ2) is 9.54. The Morgan fingerprint density at radius 1 is 1.14 bits per heavy atom. The van der Waals surface area contributed by atoms with E-state index in [-0.39, 0.29) is 30.0 Å². The highest BCUT2D eigenvalue weighted by atomic mass is 35.5. The molecule has 5 atom stereocenters. The fraction of sp³-hybridized carbons (Fsp3) is 0.370. The summed E-state index contributed by atoms with van der Waals surface area (Å²) in [5.74, 6) is 1.18. The van der Waals surface area contributed by atoms with E-state index in [0.29, 0.717) is 24.7 Å². The van der Waals surface area contributed by atoms with Gasteiger partial charge >= 0.3 is 0 Å². The molecule has 2 aliphatic rings. The SMILES string of the molecule is CC1C(Cl)C(C(=O)NC2CCOC2)CC(c2nc3ccccc3[nH]2)N1c1ccc2cc(Cl)ccc2n1. The highest BCUT2D eigenvalue weighted by Crippen LogP contribution is 2.42. The second-order valence-electron chi connectivity index (χ2n) is 9.67. The van der Waals surface area contributed by atoms with E-state index in [4.69, 9.17) is 37.9 Å². The third-order valence-corrected chi connectivity index (χ3v) is 8.24. The molecule has 0 radical (unpaired) electrons. The van der Waals surface area contributed by atoms with Gasteiger partial charge in [-0.25, -0.2) is 9.97 Å². The summed E-state index contributed by atoms with van der Waals surface area (Å²) in [5.41, 5.74) is 2.69. The number of alkyl halides is 1. The number of H-pyrrole nitrogens is 1. The van der Waals surface area contributed by atoms with Gasteiger partial charge in [0.1, 0.15) is 11.6 Å². The van der Waals surface area contributed by atoms with Gasteiger partial charge in [0.05, 0.1) is 46.5 Å². The molecule has 2 N–H and O–H groups in total. The number of carbonyl (C=O) groups excluding carboxylic acids is 1. The van der Waals surface area contributed by atoms with Crippen LogP contribution in [0.2, 0.25) is 5.02 Å². The molecule has 2 fully saturated rings. The van der Waals surface area contributed by atoms with Crippen LogP contribution in [0.3, 0.4) is 0 Å². The van der Waals surface area contributed by atoms with Crippen molar-refractivity contribution in [3.8, 4) is 0 Å². The number of imidazole rings is 1. The zero-order chi connectivity index (χ0) is 24.8. The second-order valence-corrected chi connectivity index (χ2v) is 10.6. The van der Waals surface area contributed by atoms with Gasteiger partial charge in [-0.3, -0.25) is 4.79 Å². The van der Waals surface area contributed by atoms with Crippen LogP contribution in [0.5, 0.6) is 0 Å². The summed E-state index contributed by atoms with van der Waals surface area (Å²) in [4.78, 5) is 28.9. The summed E-state index contributed by atoms with van der Waals surface area (Å²) < 4.78 is 5.45. The Hall–Kier alpha value is -2.87. The maximum atomic E-state index is 13.4. The van der Waals surface area contributed by atoms with E-state index in [9.17, 15) is 4.79 Å². The molecule has 2 aromatic heterocycles. The summed E-state index contributed by atoms with van der Waals surface area (Å²) in [5, 5.41) is 4.39. The summed E-state index contributed by atoms with van der Waals surface area (Å²) >= 11 is 13.2. The number of pyridine rings is 1. The number of hydrogen-bond acceptors (Lipinski definition) is 5. The standard InChI is InChI=1S/C27H27Cl2N5O2/c1-15-25(29)19(27(35)30-18-10-11-36-14-18)13-23(26-32-21-4-2-3-5-22(21)33-26)34(15)24-9-6-16-12-17(28)7-8-20(16)31-24/h2-9,12,15,18-19,23,25H,10-11,13-14H2,1H3,(H,30,35)(H,32,33). The monoisotopic (exact) mass is 523 g/mol. The fourth-order valence-corrected chi connectivity index (χ4v) is 5.96. The topological polar surface area (TPSA) is 83.1 Å². The Morgan fingerprint density at radius 2 is 2.00 bits per heavy atom. The maximum Gasteiger partial charge on any atom is 0.225 e. The van der Waals surface area contributed by atoms with Gasteiger partial charge < -0.3 is 19.9 Å². The number of piperidine rings is 1. The number of hydrogen-bond donors (Lipinski definition) is 2. The third kappa shape index (κ3) is 4.29. The summed E-state index contributed by atoms with van der Waals surface area (Å²) in [6.45, 7) is 3.27.